The van der Waals surface area contributed by atoms with Gasteiger partial charge in [-0.25, -0.2) is 0 Å². The standard InChI is InChI=1S/C16H21BrF3NO3.C14H17BrF3NO2.CH3Cl/c1-15(2,7-4-8-21-14(22)16(18,19)20)11-5-6-12(17)13(9-11)24-10-23-3;1-13(2,9-4-5-10(15)11(20)8-9)6-3-7-19-12(21)14(16,17)18;1-2/h5-6,9H,4,7-8,10H2,1-3H3,(H,21,22);4-5,8,20H,3,6-7H2,1-2H3,(H,19,21);1H3. The van der Waals surface area contributed by atoms with Gasteiger partial charge < -0.3 is 25.2 Å². The zero-order valence-corrected chi connectivity index (χ0v) is 30.8. The molecule has 2 aromatic carbocycles. The Bertz CT molecular complexity index is 1280. The van der Waals surface area contributed by atoms with Crippen molar-refractivity contribution in [3.63, 3.8) is 0 Å². The summed E-state index contributed by atoms with van der Waals surface area (Å²) in [7, 11) is 1.52. The maximum absolute atomic E-state index is 12.1. The van der Waals surface area contributed by atoms with Gasteiger partial charge in [-0.3, -0.25) is 9.59 Å². The second-order valence-corrected chi connectivity index (χ2v) is 13.1. The summed E-state index contributed by atoms with van der Waals surface area (Å²) in [6, 6.07) is 10.8. The molecule has 0 aliphatic carbocycles. The first-order valence-corrected chi connectivity index (χ1v) is 16.4. The molecule has 0 aromatic heterocycles. The maximum Gasteiger partial charge on any atom is 0.471 e. The van der Waals surface area contributed by atoms with Gasteiger partial charge in [-0.2, -0.15) is 26.3 Å². The maximum atomic E-state index is 12.1. The van der Waals surface area contributed by atoms with Crippen LogP contribution in [-0.4, -0.2) is 62.6 Å². The molecule has 0 heterocycles. The summed E-state index contributed by atoms with van der Waals surface area (Å²) in [6.07, 6.45) is -6.19. The van der Waals surface area contributed by atoms with Gasteiger partial charge in [-0.15, -0.1) is 11.6 Å². The third-order valence-electron chi connectivity index (χ3n) is 6.82. The molecular formula is C31H41Br2ClF6N2O5. The molecule has 47 heavy (non-hydrogen) atoms. The first-order valence-electron chi connectivity index (χ1n) is 14.1. The highest BCUT2D eigenvalue weighted by molar-refractivity contribution is 9.10. The number of rotatable bonds is 13. The third-order valence-corrected chi connectivity index (χ3v) is 8.14. The molecular weight excluding hydrogens is 790 g/mol. The molecule has 0 aliphatic heterocycles. The molecule has 0 saturated carbocycles. The van der Waals surface area contributed by atoms with E-state index in [4.69, 9.17) is 9.47 Å². The summed E-state index contributed by atoms with van der Waals surface area (Å²) in [5.41, 5.74) is 1.26. The van der Waals surface area contributed by atoms with Gasteiger partial charge in [0.05, 0.1) is 8.95 Å². The van der Waals surface area contributed by atoms with E-state index in [1.54, 1.807) is 12.1 Å². The Morgan fingerprint density at radius 2 is 1.17 bits per heavy atom. The van der Waals surface area contributed by atoms with Gasteiger partial charge in [0, 0.05) is 26.6 Å². The number of phenolic OH excluding ortho intramolecular Hbond substituents is 1. The van der Waals surface area contributed by atoms with Crippen molar-refractivity contribution in [1.29, 1.82) is 0 Å². The highest BCUT2D eigenvalue weighted by Crippen LogP contribution is 2.35. The number of phenols is 1. The summed E-state index contributed by atoms with van der Waals surface area (Å²) in [5, 5.41) is 13.4. The van der Waals surface area contributed by atoms with Gasteiger partial charge in [0.1, 0.15) is 11.5 Å². The Kier molecular flexibility index (Phi) is 19.4. The molecule has 2 amide bonds. The predicted molar refractivity (Wildman–Crippen MR) is 177 cm³/mol. The lowest BCUT2D eigenvalue weighted by Crippen LogP contribution is -2.37. The van der Waals surface area contributed by atoms with Crippen molar-refractivity contribution in [3.8, 4) is 11.5 Å². The first kappa shape index (κ1) is 44.8. The molecule has 3 N–H and O–H groups in total. The summed E-state index contributed by atoms with van der Waals surface area (Å²) in [6.45, 7) is 7.90. The number of hydrogen-bond acceptors (Lipinski definition) is 5. The molecule has 0 radical (unpaired) electrons. The summed E-state index contributed by atoms with van der Waals surface area (Å²) < 4.78 is 84.1. The molecule has 0 spiro atoms. The van der Waals surface area contributed by atoms with Crippen molar-refractivity contribution in [2.24, 2.45) is 0 Å². The average molecular weight is 831 g/mol. The molecule has 16 heteroatoms. The highest BCUT2D eigenvalue weighted by atomic mass is 79.9. The van der Waals surface area contributed by atoms with Crippen LogP contribution in [-0.2, 0) is 25.2 Å². The van der Waals surface area contributed by atoms with E-state index >= 15 is 0 Å². The molecule has 2 aromatic rings. The quantitative estimate of drug-likeness (QED) is 0.0812. The second kappa shape index (κ2) is 20.3. The highest BCUT2D eigenvalue weighted by Gasteiger charge is 2.39. The molecule has 0 atom stereocenters. The predicted octanol–water partition coefficient (Wildman–Crippen LogP) is 8.91. The summed E-state index contributed by atoms with van der Waals surface area (Å²) in [4.78, 5) is 21.4. The minimum Gasteiger partial charge on any atom is -0.507 e. The molecule has 0 unspecified atom stereocenters. The van der Waals surface area contributed by atoms with Crippen LogP contribution in [0.4, 0.5) is 26.3 Å². The van der Waals surface area contributed by atoms with Gasteiger partial charge in [0.15, 0.2) is 6.79 Å². The Morgan fingerprint density at radius 1 is 0.766 bits per heavy atom. The van der Waals surface area contributed by atoms with Crippen molar-refractivity contribution in [1.82, 2.24) is 10.6 Å². The normalized spacial score (nSPS) is 11.8. The monoisotopic (exact) mass is 828 g/mol. The van der Waals surface area contributed by atoms with Crippen LogP contribution in [0.2, 0.25) is 0 Å². The number of hydrogen-bond donors (Lipinski definition) is 3. The van der Waals surface area contributed by atoms with E-state index in [0.717, 1.165) is 15.6 Å². The van der Waals surface area contributed by atoms with Gasteiger partial charge in [-0.1, -0.05) is 39.8 Å². The van der Waals surface area contributed by atoms with Crippen LogP contribution < -0.4 is 15.4 Å². The number of methoxy groups -OCH3 is 1. The van der Waals surface area contributed by atoms with Crippen molar-refractivity contribution >= 4 is 55.3 Å². The number of aromatic hydroxyl groups is 1. The molecule has 268 valence electrons. The minimum absolute atomic E-state index is 0.0225. The van der Waals surface area contributed by atoms with Gasteiger partial charge in [-0.05, 0) is 104 Å². The summed E-state index contributed by atoms with van der Waals surface area (Å²) in [5.74, 6) is -3.07. The number of nitrogens with one attached hydrogen (secondary N) is 2. The van der Waals surface area contributed by atoms with Crippen LogP contribution in [0.3, 0.4) is 0 Å². The van der Waals surface area contributed by atoms with Crippen LogP contribution in [0, 0.1) is 0 Å². The Morgan fingerprint density at radius 3 is 1.55 bits per heavy atom. The zero-order chi connectivity index (χ0) is 36.6. The topological polar surface area (TPSA) is 96.9 Å². The molecule has 7 nitrogen and oxygen atoms in total. The van der Waals surface area contributed by atoms with Crippen molar-refractivity contribution in [2.75, 3.05) is 33.4 Å². The molecule has 0 bridgehead atoms. The van der Waals surface area contributed by atoms with E-state index in [1.165, 1.54) is 13.5 Å². The van der Waals surface area contributed by atoms with E-state index in [0.29, 0.717) is 35.9 Å². The SMILES string of the molecule is CC(C)(CCCNC(=O)C(F)(F)F)c1ccc(Br)c(O)c1.CCl.COCOc1cc(C(C)(C)CCCNC(=O)C(F)(F)F)ccc1Br. The average Bonchev–Trinajstić information content (AvgIpc) is 2.98. The number of halogens is 9. The summed E-state index contributed by atoms with van der Waals surface area (Å²) >= 11 is 11.2. The Balaban J connectivity index is 0.000000862. The third kappa shape index (κ3) is 16.6. The minimum atomic E-state index is -4.84. The molecule has 0 fully saturated rings. The number of ether oxygens (including phenoxy) is 2. The lowest BCUT2D eigenvalue weighted by molar-refractivity contribution is -0.173. The van der Waals surface area contributed by atoms with E-state index in [2.05, 4.69) is 43.5 Å². The lowest BCUT2D eigenvalue weighted by atomic mass is 9.80. The molecule has 0 aliphatic rings. The number of carbonyl (C=O) groups is 2. The van der Waals surface area contributed by atoms with Crippen molar-refractivity contribution < 1.29 is 50.5 Å². The fraction of sp³-hybridized carbons (Fsp3) is 0.548. The van der Waals surface area contributed by atoms with Gasteiger partial charge in [0.25, 0.3) is 0 Å². The number of amides is 2. The Hall–Kier alpha value is -2.23. The van der Waals surface area contributed by atoms with E-state index in [1.807, 2.05) is 62.6 Å². The van der Waals surface area contributed by atoms with E-state index < -0.39 is 24.2 Å². The number of alkyl halides is 7. The van der Waals surface area contributed by atoms with Crippen LogP contribution in [0.15, 0.2) is 45.3 Å². The molecule has 0 saturated heterocycles. The first-order chi connectivity index (χ1) is 21.6. The van der Waals surface area contributed by atoms with Gasteiger partial charge >= 0.3 is 24.2 Å². The zero-order valence-electron chi connectivity index (χ0n) is 26.9. The molecule has 2 rings (SSSR count). The van der Waals surface area contributed by atoms with Crippen LogP contribution in [0.1, 0.15) is 64.5 Å². The van der Waals surface area contributed by atoms with E-state index in [9.17, 15) is 41.0 Å². The van der Waals surface area contributed by atoms with Crippen LogP contribution in [0.5, 0.6) is 11.5 Å². The Labute approximate surface area is 293 Å². The van der Waals surface area contributed by atoms with Crippen LogP contribution >= 0.6 is 43.5 Å². The van der Waals surface area contributed by atoms with Crippen molar-refractivity contribution in [3.05, 3.63) is 56.5 Å². The smallest absolute Gasteiger partial charge is 0.471 e. The lowest BCUT2D eigenvalue weighted by Gasteiger charge is -2.26. The fourth-order valence-electron chi connectivity index (χ4n) is 4.04. The fourth-order valence-corrected chi connectivity index (χ4v) is 4.65. The number of carbonyl (C=O) groups excluding carboxylic acids is 2. The van der Waals surface area contributed by atoms with E-state index in [-0.39, 0.29) is 36.5 Å². The number of benzene rings is 2. The van der Waals surface area contributed by atoms with Gasteiger partial charge in [0.2, 0.25) is 0 Å². The second-order valence-electron chi connectivity index (χ2n) is 11.3. The van der Waals surface area contributed by atoms with Crippen LogP contribution in [0.25, 0.3) is 0 Å². The van der Waals surface area contributed by atoms with Crippen molar-refractivity contribution in [2.45, 2.75) is 76.6 Å². The largest absolute Gasteiger partial charge is 0.507 e.